The molecule has 1 amide bonds. The van der Waals surface area contributed by atoms with E-state index in [4.69, 9.17) is 5.73 Å². The van der Waals surface area contributed by atoms with Crippen molar-refractivity contribution < 1.29 is 4.79 Å². The topological polar surface area (TPSA) is 46.3 Å². The van der Waals surface area contributed by atoms with Gasteiger partial charge in [0.1, 0.15) is 0 Å². The van der Waals surface area contributed by atoms with Crippen molar-refractivity contribution in [2.45, 2.75) is 56.9 Å². The summed E-state index contributed by atoms with van der Waals surface area (Å²) in [6, 6.07) is 8.06. The van der Waals surface area contributed by atoms with Gasteiger partial charge in [0.25, 0.3) is 0 Å². The third kappa shape index (κ3) is 2.05. The third-order valence-electron chi connectivity index (χ3n) is 4.97. The maximum atomic E-state index is 12.6. The largest absolute Gasteiger partial charge is 0.320 e. The van der Waals surface area contributed by atoms with Crippen LogP contribution in [0.1, 0.15) is 51.0 Å². The van der Waals surface area contributed by atoms with Crippen LogP contribution in [0, 0.1) is 0 Å². The summed E-state index contributed by atoms with van der Waals surface area (Å²) in [6.07, 6.45) is 6.68. The van der Waals surface area contributed by atoms with Gasteiger partial charge in [-0.05, 0) is 30.9 Å². The highest BCUT2D eigenvalue weighted by molar-refractivity contribution is 5.99. The second-order valence-corrected chi connectivity index (χ2v) is 6.32. The van der Waals surface area contributed by atoms with Crippen molar-refractivity contribution in [3.63, 3.8) is 0 Å². The van der Waals surface area contributed by atoms with Gasteiger partial charge in [-0.3, -0.25) is 4.79 Å². The van der Waals surface area contributed by atoms with Crippen molar-refractivity contribution in [3.8, 4) is 0 Å². The molecule has 1 aliphatic heterocycles. The maximum Gasteiger partial charge on any atom is 0.243 e. The second kappa shape index (κ2) is 5.21. The molecule has 20 heavy (non-hydrogen) atoms. The zero-order chi connectivity index (χ0) is 14.2. The van der Waals surface area contributed by atoms with Crippen molar-refractivity contribution in [2.24, 2.45) is 5.73 Å². The fraction of sp³-hybridized carbons (Fsp3) is 0.588. The van der Waals surface area contributed by atoms with Gasteiger partial charge in [-0.1, -0.05) is 44.4 Å². The summed E-state index contributed by atoms with van der Waals surface area (Å²) in [5.74, 6) is 0.100. The lowest BCUT2D eigenvalue weighted by Crippen LogP contribution is -2.45. The Hall–Kier alpha value is -1.35. The molecule has 0 radical (unpaired) electrons. The molecule has 108 valence electrons. The van der Waals surface area contributed by atoms with Gasteiger partial charge in [0.05, 0.1) is 6.04 Å². The molecule has 1 aromatic carbocycles. The van der Waals surface area contributed by atoms with E-state index in [1.807, 2.05) is 11.0 Å². The van der Waals surface area contributed by atoms with Gasteiger partial charge in [0, 0.05) is 17.6 Å². The lowest BCUT2D eigenvalue weighted by Gasteiger charge is -2.26. The minimum absolute atomic E-state index is 0.100. The molecule has 1 unspecified atom stereocenters. The highest BCUT2D eigenvalue weighted by Gasteiger charge is 2.46. The number of nitrogens with zero attached hydrogens (tertiary/aromatic N) is 1. The molecule has 1 aliphatic carbocycles. The van der Waals surface area contributed by atoms with Gasteiger partial charge >= 0.3 is 0 Å². The fourth-order valence-corrected chi connectivity index (χ4v) is 3.94. The van der Waals surface area contributed by atoms with E-state index >= 15 is 0 Å². The zero-order valence-electron chi connectivity index (χ0n) is 12.3. The summed E-state index contributed by atoms with van der Waals surface area (Å²) >= 11 is 0. The maximum absolute atomic E-state index is 12.6. The van der Waals surface area contributed by atoms with E-state index in [0.717, 1.165) is 25.1 Å². The van der Waals surface area contributed by atoms with Crippen LogP contribution < -0.4 is 10.6 Å². The summed E-state index contributed by atoms with van der Waals surface area (Å²) in [6.45, 7) is 2.91. The van der Waals surface area contributed by atoms with E-state index < -0.39 is 0 Å². The Morgan fingerprint density at radius 2 is 2.05 bits per heavy atom. The quantitative estimate of drug-likeness (QED) is 0.919. The molecule has 0 bridgehead atoms. The van der Waals surface area contributed by atoms with Crippen LogP contribution in [-0.2, 0) is 10.2 Å². The number of carbonyl (C=O) groups excluding carboxylic acids is 1. The van der Waals surface area contributed by atoms with Crippen molar-refractivity contribution in [3.05, 3.63) is 29.8 Å². The first-order valence-corrected chi connectivity index (χ1v) is 7.84. The molecule has 1 saturated carbocycles. The average molecular weight is 272 g/mol. The number of rotatable bonds is 3. The summed E-state index contributed by atoms with van der Waals surface area (Å²) in [4.78, 5) is 14.6. The molecular formula is C17H24N2O. The van der Waals surface area contributed by atoms with Crippen LogP contribution in [-0.4, -0.2) is 18.5 Å². The molecule has 1 spiro atoms. The van der Waals surface area contributed by atoms with E-state index in [9.17, 15) is 4.79 Å². The first-order valence-electron chi connectivity index (χ1n) is 7.84. The Morgan fingerprint density at radius 3 is 2.75 bits per heavy atom. The summed E-state index contributed by atoms with van der Waals surface area (Å²) in [7, 11) is 0. The summed E-state index contributed by atoms with van der Waals surface area (Å²) in [5, 5.41) is 0. The molecule has 1 fully saturated rings. The van der Waals surface area contributed by atoms with Crippen molar-refractivity contribution >= 4 is 11.6 Å². The van der Waals surface area contributed by atoms with Gasteiger partial charge in [-0.15, -0.1) is 0 Å². The molecule has 3 nitrogen and oxygen atoms in total. The number of nitrogens with two attached hydrogens (primary N) is 1. The van der Waals surface area contributed by atoms with E-state index in [1.54, 1.807) is 0 Å². The molecule has 3 rings (SSSR count). The Kier molecular flexibility index (Phi) is 3.55. The fourth-order valence-electron chi connectivity index (χ4n) is 3.94. The van der Waals surface area contributed by atoms with Crippen LogP contribution in [0.5, 0.6) is 0 Å². The number of anilines is 1. The number of amides is 1. The summed E-state index contributed by atoms with van der Waals surface area (Å²) in [5.41, 5.74) is 8.74. The SMILES string of the molecule is CCCC(N)C(=O)N1CC2(CCCC2)c2ccccc21. The second-order valence-electron chi connectivity index (χ2n) is 6.32. The van der Waals surface area contributed by atoms with Crippen molar-refractivity contribution in [2.75, 3.05) is 11.4 Å². The molecule has 0 saturated heterocycles. The first-order chi connectivity index (χ1) is 9.68. The highest BCUT2D eigenvalue weighted by Crippen LogP contribution is 2.50. The first kappa shape index (κ1) is 13.6. The zero-order valence-corrected chi connectivity index (χ0v) is 12.3. The predicted molar refractivity (Wildman–Crippen MR) is 81.8 cm³/mol. The van der Waals surface area contributed by atoms with Gasteiger partial charge in [0.15, 0.2) is 0 Å². The van der Waals surface area contributed by atoms with Crippen molar-refractivity contribution in [1.82, 2.24) is 0 Å². The molecule has 2 N–H and O–H groups in total. The Balaban J connectivity index is 1.93. The van der Waals surface area contributed by atoms with Gasteiger partial charge in [-0.25, -0.2) is 0 Å². The number of carbonyl (C=O) groups is 1. The van der Waals surface area contributed by atoms with Crippen LogP contribution in [0.15, 0.2) is 24.3 Å². The molecule has 1 atom stereocenters. The lowest BCUT2D eigenvalue weighted by molar-refractivity contribution is -0.120. The monoisotopic (exact) mass is 272 g/mol. The van der Waals surface area contributed by atoms with E-state index in [-0.39, 0.29) is 17.4 Å². The Morgan fingerprint density at radius 1 is 1.35 bits per heavy atom. The highest BCUT2D eigenvalue weighted by atomic mass is 16.2. The van der Waals surface area contributed by atoms with Crippen LogP contribution in [0.4, 0.5) is 5.69 Å². The lowest BCUT2D eigenvalue weighted by atomic mass is 9.81. The predicted octanol–water partition coefficient (Wildman–Crippen LogP) is 2.97. The van der Waals surface area contributed by atoms with E-state index in [1.165, 1.54) is 31.2 Å². The van der Waals surface area contributed by atoms with Crippen LogP contribution in [0.25, 0.3) is 0 Å². The Labute approximate surface area is 121 Å². The molecule has 2 aliphatic rings. The normalized spacial score (nSPS) is 21.2. The van der Waals surface area contributed by atoms with Crippen LogP contribution in [0.3, 0.4) is 0 Å². The molecule has 3 heteroatoms. The van der Waals surface area contributed by atoms with E-state index in [2.05, 4.69) is 25.1 Å². The van der Waals surface area contributed by atoms with Crippen LogP contribution >= 0.6 is 0 Å². The standard InChI is InChI=1S/C17H24N2O/c1-2-7-14(18)16(20)19-12-17(10-5-6-11-17)13-8-3-4-9-15(13)19/h3-4,8-9,14H,2,5-7,10-12,18H2,1H3. The van der Waals surface area contributed by atoms with Gasteiger partial charge < -0.3 is 10.6 Å². The number of fused-ring (bicyclic) bond motifs is 2. The van der Waals surface area contributed by atoms with Crippen LogP contribution in [0.2, 0.25) is 0 Å². The molecule has 1 heterocycles. The minimum Gasteiger partial charge on any atom is -0.320 e. The average Bonchev–Trinajstić information content (AvgIpc) is 3.06. The number of hydrogen-bond donors (Lipinski definition) is 1. The molecular weight excluding hydrogens is 248 g/mol. The number of hydrogen-bond acceptors (Lipinski definition) is 2. The van der Waals surface area contributed by atoms with E-state index in [0.29, 0.717) is 0 Å². The summed E-state index contributed by atoms with van der Waals surface area (Å²) < 4.78 is 0. The number of para-hydroxylation sites is 1. The third-order valence-corrected chi connectivity index (χ3v) is 4.97. The molecule has 0 aromatic heterocycles. The van der Waals surface area contributed by atoms with Gasteiger partial charge in [-0.2, -0.15) is 0 Å². The Bertz CT molecular complexity index is 505. The number of benzene rings is 1. The van der Waals surface area contributed by atoms with Crippen molar-refractivity contribution in [1.29, 1.82) is 0 Å². The smallest absolute Gasteiger partial charge is 0.243 e. The minimum atomic E-state index is -0.357. The van der Waals surface area contributed by atoms with Gasteiger partial charge in [0.2, 0.25) is 5.91 Å². The molecule has 1 aromatic rings.